The summed E-state index contributed by atoms with van der Waals surface area (Å²) >= 11 is 0. The molecule has 1 N–H and O–H groups in total. The van der Waals surface area contributed by atoms with Gasteiger partial charge < -0.3 is 24.6 Å². The van der Waals surface area contributed by atoms with Crippen molar-refractivity contribution in [1.82, 2.24) is 10.2 Å². The molecule has 2 amide bonds. The normalized spacial score (nSPS) is 22.5. The van der Waals surface area contributed by atoms with Crippen LogP contribution in [0.15, 0.2) is 54.6 Å². The largest absolute Gasteiger partial charge is 0.497 e. The number of hydrogen-bond acceptors (Lipinski definition) is 6. The quantitative estimate of drug-likeness (QED) is 0.730. The Labute approximate surface area is 194 Å². The maximum absolute atomic E-state index is 12.8. The third-order valence-corrected chi connectivity index (χ3v) is 7.09. The highest BCUT2D eigenvalue weighted by Gasteiger charge is 2.50. The van der Waals surface area contributed by atoms with Crippen LogP contribution in [0.1, 0.15) is 19.3 Å². The average Bonchev–Trinajstić information content (AvgIpc) is 3.39. The molecule has 1 atom stereocenters. The predicted octanol–water partition coefficient (Wildman–Crippen LogP) is 2.84. The van der Waals surface area contributed by atoms with Gasteiger partial charge in [0.15, 0.2) is 0 Å². The van der Waals surface area contributed by atoms with Crippen LogP contribution >= 0.6 is 0 Å². The predicted molar refractivity (Wildman–Crippen MR) is 126 cm³/mol. The van der Waals surface area contributed by atoms with Crippen LogP contribution in [0.4, 0.5) is 16.2 Å². The van der Waals surface area contributed by atoms with Crippen molar-refractivity contribution < 1.29 is 19.1 Å². The molecule has 8 nitrogen and oxygen atoms in total. The second-order valence-electron chi connectivity index (χ2n) is 8.91. The molecule has 0 bridgehead atoms. The van der Waals surface area contributed by atoms with E-state index in [2.05, 4.69) is 27.2 Å². The summed E-state index contributed by atoms with van der Waals surface area (Å²) in [6.45, 7) is 3.62. The molecule has 3 heterocycles. The fourth-order valence-corrected chi connectivity index (χ4v) is 5.17. The zero-order chi connectivity index (χ0) is 22.8. The van der Waals surface area contributed by atoms with Crippen LogP contribution < -0.4 is 19.9 Å². The van der Waals surface area contributed by atoms with Crippen molar-refractivity contribution in [2.45, 2.75) is 30.9 Å². The molecule has 0 radical (unpaired) electrons. The van der Waals surface area contributed by atoms with E-state index < -0.39 is 5.54 Å². The molecule has 2 aromatic carbocycles. The van der Waals surface area contributed by atoms with Gasteiger partial charge in [0.25, 0.3) is 0 Å². The molecule has 3 aliphatic heterocycles. The summed E-state index contributed by atoms with van der Waals surface area (Å²) in [6.07, 6.45) is 1.89. The lowest BCUT2D eigenvalue weighted by molar-refractivity contribution is -0.125. The number of hydrogen-bond donors (Lipinski definition) is 1. The average molecular weight is 451 g/mol. The number of carbonyl (C=O) groups excluding carboxylic acids is 2. The highest BCUT2D eigenvalue weighted by atomic mass is 16.6. The first-order valence-corrected chi connectivity index (χ1v) is 11.5. The van der Waals surface area contributed by atoms with Gasteiger partial charge in [-0.05, 0) is 43.5 Å². The molecule has 1 unspecified atom stereocenters. The van der Waals surface area contributed by atoms with Gasteiger partial charge in [-0.2, -0.15) is 0 Å². The highest BCUT2D eigenvalue weighted by Crippen LogP contribution is 2.36. The zero-order valence-corrected chi connectivity index (χ0v) is 18.9. The lowest BCUT2D eigenvalue weighted by atomic mass is 9.85. The summed E-state index contributed by atoms with van der Waals surface area (Å²) < 4.78 is 10.9. The molecule has 0 saturated carbocycles. The third-order valence-electron chi connectivity index (χ3n) is 7.09. The first kappa shape index (κ1) is 21.6. The zero-order valence-electron chi connectivity index (χ0n) is 18.9. The van der Waals surface area contributed by atoms with Gasteiger partial charge in [0.2, 0.25) is 5.91 Å². The molecule has 1 spiro atoms. The number of rotatable bonds is 6. The number of piperidine rings is 1. The number of ether oxygens (including phenoxy) is 2. The first-order chi connectivity index (χ1) is 16.1. The monoisotopic (exact) mass is 450 g/mol. The fourth-order valence-electron chi connectivity index (χ4n) is 5.17. The summed E-state index contributed by atoms with van der Waals surface area (Å²) in [5, 5.41) is 3.05. The number of cyclic esters (lactones) is 1. The highest BCUT2D eigenvalue weighted by molar-refractivity contribution is 5.93. The van der Waals surface area contributed by atoms with Crippen molar-refractivity contribution in [3.8, 4) is 5.75 Å². The lowest BCUT2D eigenvalue weighted by Crippen LogP contribution is -2.56. The molecular weight excluding hydrogens is 420 g/mol. The SMILES string of the molecule is COc1cccc(N2CC(CCN3CCC4(CC3)C(=O)NCN4c3ccccc3)OC2=O)c1. The molecule has 3 aliphatic rings. The minimum absolute atomic E-state index is 0.129. The molecule has 174 valence electrons. The van der Waals surface area contributed by atoms with Crippen molar-refractivity contribution in [1.29, 1.82) is 0 Å². The van der Waals surface area contributed by atoms with Crippen molar-refractivity contribution in [2.75, 3.05) is 49.8 Å². The van der Waals surface area contributed by atoms with Gasteiger partial charge in [-0.1, -0.05) is 24.3 Å². The van der Waals surface area contributed by atoms with Crippen LogP contribution in [-0.2, 0) is 9.53 Å². The minimum Gasteiger partial charge on any atom is -0.497 e. The van der Waals surface area contributed by atoms with E-state index in [0.717, 1.165) is 50.3 Å². The van der Waals surface area contributed by atoms with Crippen molar-refractivity contribution in [3.05, 3.63) is 54.6 Å². The Morgan fingerprint density at radius 1 is 1.06 bits per heavy atom. The smallest absolute Gasteiger partial charge is 0.414 e. The topological polar surface area (TPSA) is 74.3 Å². The van der Waals surface area contributed by atoms with Gasteiger partial charge in [-0.25, -0.2) is 4.79 Å². The van der Waals surface area contributed by atoms with E-state index in [9.17, 15) is 9.59 Å². The van der Waals surface area contributed by atoms with Crippen LogP contribution in [0.25, 0.3) is 0 Å². The fraction of sp³-hybridized carbons (Fsp3) is 0.440. The third kappa shape index (κ3) is 4.11. The van der Waals surface area contributed by atoms with Crippen molar-refractivity contribution in [2.24, 2.45) is 0 Å². The number of carbonyl (C=O) groups is 2. The standard InChI is InChI=1S/C25H30N4O4/c1-32-21-9-5-8-20(16-21)28-17-22(33-24(28)31)10-13-27-14-11-25(12-15-27)23(30)26-18-29(25)19-6-3-2-4-7-19/h2-9,16,22H,10-15,17-18H2,1H3,(H,26,30). The maximum atomic E-state index is 12.8. The summed E-state index contributed by atoms with van der Waals surface area (Å²) in [5.41, 5.74) is 1.40. The van der Waals surface area contributed by atoms with E-state index in [0.29, 0.717) is 19.0 Å². The van der Waals surface area contributed by atoms with Gasteiger partial charge in [-0.15, -0.1) is 0 Å². The van der Waals surface area contributed by atoms with Gasteiger partial charge in [0.05, 0.1) is 26.0 Å². The van der Waals surface area contributed by atoms with Crippen LogP contribution in [0, 0.1) is 0 Å². The van der Waals surface area contributed by atoms with Crippen LogP contribution in [0.5, 0.6) is 5.75 Å². The number of amides is 2. The number of anilines is 2. The molecule has 0 aliphatic carbocycles. The molecule has 3 saturated heterocycles. The Morgan fingerprint density at radius 3 is 2.58 bits per heavy atom. The first-order valence-electron chi connectivity index (χ1n) is 11.5. The maximum Gasteiger partial charge on any atom is 0.414 e. The number of methoxy groups -OCH3 is 1. The number of nitrogens with zero attached hydrogens (tertiary/aromatic N) is 3. The molecule has 0 aromatic heterocycles. The van der Waals surface area contributed by atoms with E-state index in [1.807, 2.05) is 42.5 Å². The lowest BCUT2D eigenvalue weighted by Gasteiger charge is -2.43. The van der Waals surface area contributed by atoms with E-state index >= 15 is 0 Å². The van der Waals surface area contributed by atoms with E-state index in [1.165, 1.54) is 0 Å². The van der Waals surface area contributed by atoms with Gasteiger partial charge >= 0.3 is 6.09 Å². The summed E-state index contributed by atoms with van der Waals surface area (Å²) in [6, 6.07) is 17.6. The molecular formula is C25H30N4O4. The van der Waals surface area contributed by atoms with E-state index in [1.54, 1.807) is 12.0 Å². The van der Waals surface area contributed by atoms with Crippen LogP contribution in [0.2, 0.25) is 0 Å². The molecule has 33 heavy (non-hydrogen) atoms. The van der Waals surface area contributed by atoms with Gasteiger partial charge in [-0.3, -0.25) is 9.69 Å². The summed E-state index contributed by atoms with van der Waals surface area (Å²) in [7, 11) is 1.61. The summed E-state index contributed by atoms with van der Waals surface area (Å²) in [4.78, 5) is 31.5. The Bertz CT molecular complexity index is 1010. The number of likely N-dealkylation sites (tertiary alicyclic amines) is 1. The summed E-state index contributed by atoms with van der Waals surface area (Å²) in [5.74, 6) is 0.844. The second kappa shape index (κ2) is 8.94. The van der Waals surface area contributed by atoms with E-state index in [4.69, 9.17) is 9.47 Å². The number of benzene rings is 2. The van der Waals surface area contributed by atoms with Gasteiger partial charge in [0.1, 0.15) is 17.4 Å². The Hall–Kier alpha value is -3.26. The van der Waals surface area contributed by atoms with E-state index in [-0.39, 0.29) is 18.1 Å². The van der Waals surface area contributed by atoms with Crippen LogP contribution in [0.3, 0.4) is 0 Å². The van der Waals surface area contributed by atoms with Crippen LogP contribution in [-0.4, -0.2) is 68.5 Å². The van der Waals surface area contributed by atoms with Crippen molar-refractivity contribution >= 4 is 23.4 Å². The minimum atomic E-state index is -0.471. The Kier molecular flexibility index (Phi) is 5.85. The Balaban J connectivity index is 1.16. The molecule has 5 rings (SSSR count). The number of nitrogens with one attached hydrogen (secondary N) is 1. The van der Waals surface area contributed by atoms with Crippen molar-refractivity contribution in [3.63, 3.8) is 0 Å². The number of para-hydroxylation sites is 1. The molecule has 3 fully saturated rings. The van der Waals surface area contributed by atoms with Gasteiger partial charge in [0, 0.05) is 31.4 Å². The second-order valence-corrected chi connectivity index (χ2v) is 8.91. The molecule has 8 heteroatoms. The molecule has 2 aromatic rings. The Morgan fingerprint density at radius 2 is 1.82 bits per heavy atom.